The molecular formula is C19H18ClN3OS. The lowest BCUT2D eigenvalue weighted by Gasteiger charge is -2.12. The van der Waals surface area contributed by atoms with E-state index < -0.39 is 0 Å². The number of likely N-dealkylation sites (N-methyl/N-ethyl adjacent to an activating group) is 1. The van der Waals surface area contributed by atoms with Gasteiger partial charge in [0.05, 0.1) is 4.91 Å². The highest BCUT2D eigenvalue weighted by molar-refractivity contribution is 8.18. The Labute approximate surface area is 156 Å². The quantitative estimate of drug-likeness (QED) is 0.708. The van der Waals surface area contributed by atoms with Gasteiger partial charge in [-0.25, -0.2) is 9.98 Å². The zero-order chi connectivity index (χ0) is 18.0. The van der Waals surface area contributed by atoms with Crippen molar-refractivity contribution in [3.8, 4) is 0 Å². The van der Waals surface area contributed by atoms with Crippen molar-refractivity contribution in [3.63, 3.8) is 0 Å². The Kier molecular flexibility index (Phi) is 5.25. The molecule has 1 aliphatic heterocycles. The third-order valence-electron chi connectivity index (χ3n) is 3.88. The second-order valence-electron chi connectivity index (χ2n) is 5.64. The highest BCUT2D eigenvalue weighted by atomic mass is 35.5. The van der Waals surface area contributed by atoms with E-state index in [2.05, 4.69) is 9.98 Å². The van der Waals surface area contributed by atoms with Crippen molar-refractivity contribution < 1.29 is 4.79 Å². The zero-order valence-electron chi connectivity index (χ0n) is 14.3. The van der Waals surface area contributed by atoms with E-state index in [1.165, 1.54) is 11.8 Å². The highest BCUT2D eigenvalue weighted by Gasteiger charge is 2.34. The number of hydrogen-bond acceptors (Lipinski definition) is 4. The molecule has 1 fully saturated rings. The van der Waals surface area contributed by atoms with Crippen molar-refractivity contribution in [2.45, 2.75) is 20.8 Å². The second kappa shape index (κ2) is 7.42. The number of aryl methyl sites for hydroxylation is 1. The predicted molar refractivity (Wildman–Crippen MR) is 105 cm³/mol. The molecule has 0 atom stereocenters. The average molecular weight is 372 g/mol. The van der Waals surface area contributed by atoms with Crippen LogP contribution >= 0.6 is 23.4 Å². The molecule has 2 aromatic rings. The number of pyridine rings is 1. The van der Waals surface area contributed by atoms with Crippen LogP contribution in [0.15, 0.2) is 52.4 Å². The Morgan fingerprint density at radius 2 is 1.96 bits per heavy atom. The Morgan fingerprint density at radius 1 is 1.24 bits per heavy atom. The molecule has 0 saturated carbocycles. The topological polar surface area (TPSA) is 45.6 Å². The minimum Gasteiger partial charge on any atom is -0.287 e. The largest absolute Gasteiger partial charge is 0.287 e. The molecule has 0 radical (unpaired) electrons. The minimum atomic E-state index is -0.0219. The van der Waals surface area contributed by atoms with Crippen molar-refractivity contribution in [2.24, 2.45) is 4.99 Å². The van der Waals surface area contributed by atoms with Crippen molar-refractivity contribution in [3.05, 3.63) is 63.6 Å². The van der Waals surface area contributed by atoms with Gasteiger partial charge in [0.25, 0.3) is 5.91 Å². The number of aromatic nitrogens is 1. The zero-order valence-corrected chi connectivity index (χ0v) is 15.9. The lowest BCUT2D eigenvalue weighted by atomic mass is 10.1. The smallest absolute Gasteiger partial charge is 0.267 e. The molecule has 25 heavy (non-hydrogen) atoms. The summed E-state index contributed by atoms with van der Waals surface area (Å²) >= 11 is 7.35. The summed E-state index contributed by atoms with van der Waals surface area (Å²) in [4.78, 5) is 24.2. The molecule has 4 nitrogen and oxygen atoms in total. The number of nitrogens with zero attached hydrogens (tertiary/aromatic N) is 3. The fourth-order valence-electron chi connectivity index (χ4n) is 2.52. The fraction of sp³-hybridized carbons (Fsp3) is 0.211. The minimum absolute atomic E-state index is 0.0219. The van der Waals surface area contributed by atoms with E-state index in [-0.39, 0.29) is 5.91 Å². The molecular weight excluding hydrogens is 354 g/mol. The van der Waals surface area contributed by atoms with E-state index in [0.29, 0.717) is 27.5 Å². The molecule has 0 aliphatic carbocycles. The molecule has 3 rings (SSSR count). The maximum atomic E-state index is 12.8. The molecule has 1 aromatic carbocycles. The van der Waals surface area contributed by atoms with Gasteiger partial charge in [0, 0.05) is 17.3 Å². The summed E-state index contributed by atoms with van der Waals surface area (Å²) in [5.41, 5.74) is 2.80. The van der Waals surface area contributed by atoms with E-state index in [9.17, 15) is 4.79 Å². The van der Waals surface area contributed by atoms with E-state index >= 15 is 0 Å². The number of benzene rings is 1. The number of thioether (sulfide) groups is 1. The van der Waals surface area contributed by atoms with Gasteiger partial charge in [0.15, 0.2) is 11.0 Å². The summed E-state index contributed by atoms with van der Waals surface area (Å²) < 4.78 is 0. The molecule has 1 saturated heterocycles. The lowest BCUT2D eigenvalue weighted by Crippen LogP contribution is -2.28. The first kappa shape index (κ1) is 17.7. The van der Waals surface area contributed by atoms with Crippen LogP contribution in [-0.2, 0) is 4.79 Å². The lowest BCUT2D eigenvalue weighted by molar-refractivity contribution is -0.122. The first-order valence-corrected chi connectivity index (χ1v) is 9.18. The van der Waals surface area contributed by atoms with Crippen molar-refractivity contribution in [1.29, 1.82) is 0 Å². The van der Waals surface area contributed by atoms with Crippen LogP contribution in [0.5, 0.6) is 0 Å². The van der Waals surface area contributed by atoms with Gasteiger partial charge in [-0.3, -0.25) is 9.69 Å². The number of aliphatic imine (C=N–C) groups is 1. The van der Waals surface area contributed by atoms with Crippen LogP contribution in [0.1, 0.15) is 25.1 Å². The number of rotatable bonds is 3. The summed E-state index contributed by atoms with van der Waals surface area (Å²) in [6.07, 6.45) is 0. The molecule has 0 N–H and O–H groups in total. The van der Waals surface area contributed by atoms with E-state index in [1.807, 2.05) is 63.2 Å². The Balaban J connectivity index is 2.00. The highest BCUT2D eigenvalue weighted by Crippen LogP contribution is 2.37. The van der Waals surface area contributed by atoms with Crippen molar-refractivity contribution in [1.82, 2.24) is 9.88 Å². The monoisotopic (exact) mass is 371 g/mol. The summed E-state index contributed by atoms with van der Waals surface area (Å²) in [5, 5.41) is 1.34. The molecule has 2 heterocycles. The Bertz CT molecular complexity index is 874. The SMILES string of the molecule is CCN1C(=O)/C(=C(\C)c2ccc(Cl)cc2)S/C1=N/c1cccc(C)n1. The molecule has 1 aromatic heterocycles. The number of carbonyl (C=O) groups is 1. The van der Waals surface area contributed by atoms with Crippen LogP contribution in [0.4, 0.5) is 5.82 Å². The third kappa shape index (κ3) is 3.78. The first-order chi connectivity index (χ1) is 12.0. The van der Waals surface area contributed by atoms with Crippen molar-refractivity contribution in [2.75, 3.05) is 6.54 Å². The third-order valence-corrected chi connectivity index (χ3v) is 5.31. The summed E-state index contributed by atoms with van der Waals surface area (Å²) in [6.45, 7) is 6.38. The number of allylic oxidation sites excluding steroid dienone is 1. The first-order valence-electron chi connectivity index (χ1n) is 7.98. The van der Waals surface area contributed by atoms with Gasteiger partial charge in [0.1, 0.15) is 0 Å². The molecule has 1 amide bonds. The average Bonchev–Trinajstić information content (AvgIpc) is 2.90. The Hall–Kier alpha value is -2.11. The van der Waals surface area contributed by atoms with E-state index in [1.54, 1.807) is 4.90 Å². The van der Waals surface area contributed by atoms with Crippen LogP contribution in [0, 0.1) is 6.92 Å². The summed E-state index contributed by atoms with van der Waals surface area (Å²) in [6, 6.07) is 13.2. The number of amides is 1. The molecule has 1 aliphatic rings. The number of halogens is 1. The maximum absolute atomic E-state index is 12.8. The Morgan fingerprint density at radius 3 is 2.60 bits per heavy atom. The standard InChI is InChI=1S/C19H18ClN3OS/c1-4-23-18(24)17(13(3)14-8-10-15(20)11-9-14)25-19(23)22-16-7-5-6-12(2)21-16/h5-11H,4H2,1-3H3/b17-13-,22-19+. The van der Waals surface area contributed by atoms with Gasteiger partial charge >= 0.3 is 0 Å². The van der Waals surface area contributed by atoms with E-state index in [0.717, 1.165) is 16.8 Å². The van der Waals surface area contributed by atoms with E-state index in [4.69, 9.17) is 11.6 Å². The number of amidine groups is 1. The summed E-state index contributed by atoms with van der Waals surface area (Å²) in [5.74, 6) is 0.588. The molecule has 0 unspecified atom stereocenters. The van der Waals surface area contributed by atoms with Gasteiger partial charge in [-0.05, 0) is 67.9 Å². The van der Waals surface area contributed by atoms with Crippen LogP contribution in [0.3, 0.4) is 0 Å². The second-order valence-corrected chi connectivity index (χ2v) is 7.06. The van der Waals surface area contributed by atoms with Crippen molar-refractivity contribution >= 4 is 45.8 Å². The van der Waals surface area contributed by atoms with Gasteiger partial charge in [-0.2, -0.15) is 0 Å². The number of carbonyl (C=O) groups excluding carboxylic acids is 1. The number of hydrogen-bond donors (Lipinski definition) is 0. The van der Waals surface area contributed by atoms with Crippen LogP contribution in [0.25, 0.3) is 5.57 Å². The fourth-order valence-corrected chi connectivity index (χ4v) is 3.76. The molecule has 0 spiro atoms. The van der Waals surface area contributed by atoms with Gasteiger partial charge < -0.3 is 0 Å². The summed E-state index contributed by atoms with van der Waals surface area (Å²) in [7, 11) is 0. The van der Waals surface area contributed by atoms with Gasteiger partial charge in [-0.15, -0.1) is 0 Å². The molecule has 6 heteroatoms. The predicted octanol–water partition coefficient (Wildman–Crippen LogP) is 5.06. The van der Waals surface area contributed by atoms with Gasteiger partial charge in [0.2, 0.25) is 0 Å². The van der Waals surface area contributed by atoms with Gasteiger partial charge in [-0.1, -0.05) is 29.8 Å². The van der Waals surface area contributed by atoms with Crippen LogP contribution in [-0.4, -0.2) is 27.5 Å². The molecule has 0 bridgehead atoms. The van der Waals surface area contributed by atoms with Crippen LogP contribution in [0.2, 0.25) is 5.02 Å². The molecule has 128 valence electrons. The normalized spacial score (nSPS) is 18.2. The van der Waals surface area contributed by atoms with Crippen LogP contribution < -0.4 is 0 Å². The maximum Gasteiger partial charge on any atom is 0.267 e.